The lowest BCUT2D eigenvalue weighted by Gasteiger charge is -2.33. The van der Waals surface area contributed by atoms with Gasteiger partial charge in [-0.05, 0) is 155 Å². The van der Waals surface area contributed by atoms with Crippen LogP contribution in [0.1, 0.15) is 45.4 Å². The van der Waals surface area contributed by atoms with E-state index in [1.165, 1.54) is 18.5 Å². The minimum absolute atomic E-state index is 0.0407. The highest BCUT2D eigenvalue weighted by Crippen LogP contribution is 2.47. The molecule has 41 heteroatoms. The van der Waals surface area contributed by atoms with Gasteiger partial charge in [-0.25, -0.2) is 28.4 Å². The SMILES string of the molecule is C=C1NC(=O)C=CN1[C@@H]1O[C@H](CCP(=C)(C)C)[C@@H](O)[C@H]1OC.C=C1NC(=O)NC=C1[C@@H]1O[C@H](CCP(=C)(C)C)[C@@H](O)[C@H]1C.C=C1NC(=O)NC=C1[C@@H]1O[C@H](CCP(=C)(C)C)[C@@H](O)[C@H]1Cl.C=C1NC(=O)NC=C1[C@@H]1O[C@H](CCP(=C)(C)C)[C@@H](O)[C@H]1F.C=C1NC(=O)NC=C1[C@@H]1O[C@H](CCP(=C)(C)C)[C@@H](O)[C@H]1I.C=C1NC(=O)NC=C1[C@@H]1O[C@H](CCP(=C)(C)C)[C@@H](O)[C@H]1OC. The van der Waals surface area contributed by atoms with Crippen LogP contribution in [0.25, 0.3) is 0 Å². The second-order valence-corrected chi connectivity index (χ2v) is 65.7. The van der Waals surface area contributed by atoms with Crippen molar-refractivity contribution in [3.63, 3.8) is 0 Å². The smallest absolute Gasteiger partial charge is 0.323 e. The van der Waals surface area contributed by atoms with Crippen LogP contribution in [0.5, 0.6) is 0 Å². The number of nitrogens with one attached hydrogen (secondary N) is 11. The Balaban J connectivity index is 0.000000210. The monoisotopic (exact) mass is 2040 g/mol. The maximum absolute atomic E-state index is 14.3. The van der Waals surface area contributed by atoms with E-state index in [0.717, 1.165) is 80.2 Å². The molecule has 12 aliphatic rings. The molecule has 6 saturated heterocycles. The van der Waals surface area contributed by atoms with Crippen LogP contribution < -0.4 is 58.5 Å². The van der Waals surface area contributed by atoms with Crippen molar-refractivity contribution in [2.24, 2.45) is 5.92 Å². The fourth-order valence-electron chi connectivity index (χ4n) is 15.3. The van der Waals surface area contributed by atoms with Crippen molar-refractivity contribution in [1.29, 1.82) is 0 Å². The Kier molecular flexibility index (Phi) is 40.1. The summed E-state index contributed by atoms with van der Waals surface area (Å²) < 4.78 is 60.7. The molecule has 12 aliphatic heterocycles. The van der Waals surface area contributed by atoms with E-state index in [9.17, 15) is 63.8 Å². The van der Waals surface area contributed by atoms with E-state index in [2.05, 4.69) is 238 Å². The third-order valence-electron chi connectivity index (χ3n) is 22.6. The van der Waals surface area contributed by atoms with Crippen LogP contribution in [0.3, 0.4) is 0 Å². The highest BCUT2D eigenvalue weighted by molar-refractivity contribution is 14.1. The number of hydrogen-bond donors (Lipinski definition) is 17. The number of carbonyl (C=O) groups excluding carboxylic acids is 6. The molecule has 24 atom stereocenters. The summed E-state index contributed by atoms with van der Waals surface area (Å²) in [6.07, 6.45) is 34.1. The third-order valence-corrected chi connectivity index (χ3v) is 33.3. The summed E-state index contributed by atoms with van der Waals surface area (Å²) in [7, 11) is 3.09. The summed E-state index contributed by atoms with van der Waals surface area (Å²) in [5.74, 6) is 0.146. The highest BCUT2D eigenvalue weighted by atomic mass is 127. The number of urea groups is 5. The lowest BCUT2D eigenvalue weighted by molar-refractivity contribution is -0.118. The molecule has 0 bridgehead atoms. The van der Waals surface area contributed by atoms with Crippen molar-refractivity contribution in [1.82, 2.24) is 63.4 Å². The molecule has 6 fully saturated rings. The average Bonchev–Trinajstić information content (AvgIpc) is 1.67. The van der Waals surface area contributed by atoms with Crippen molar-refractivity contribution in [3.8, 4) is 0 Å². The predicted molar refractivity (Wildman–Crippen MR) is 536 cm³/mol. The number of methoxy groups -OCH3 is 2. The summed E-state index contributed by atoms with van der Waals surface area (Å²) in [5, 5.41) is 89.7. The Morgan fingerprint density at radius 3 is 1.04 bits per heavy atom. The number of ether oxygens (including phenoxy) is 8. The molecule has 0 aromatic heterocycles. The van der Waals surface area contributed by atoms with Crippen LogP contribution >= 0.6 is 75.5 Å². The normalized spacial score (nSPS) is 33.1. The number of halogens is 3. The average molecular weight is 2040 g/mol. The largest absolute Gasteiger partial charge is 0.390 e. The van der Waals surface area contributed by atoms with Crippen molar-refractivity contribution in [3.05, 3.63) is 145 Å². The fourth-order valence-corrected chi connectivity index (χ4v) is 22.4. The molecule has 32 nitrogen and oxygen atoms in total. The summed E-state index contributed by atoms with van der Waals surface area (Å²) in [4.78, 5) is 69.1. The summed E-state index contributed by atoms with van der Waals surface area (Å²) in [5.41, 5.74) is 5.65. The van der Waals surface area contributed by atoms with Gasteiger partial charge in [-0.2, -0.15) is 0 Å². The van der Waals surface area contributed by atoms with Crippen LogP contribution in [0.2, 0.25) is 0 Å². The Labute approximate surface area is 774 Å². The van der Waals surface area contributed by atoms with E-state index in [0.29, 0.717) is 57.4 Å². The minimum atomic E-state index is -1.54. The lowest BCUT2D eigenvalue weighted by atomic mass is 9.92. The molecule has 128 heavy (non-hydrogen) atoms. The van der Waals surface area contributed by atoms with Crippen LogP contribution in [0, 0.1) is 5.92 Å². The molecule has 0 aliphatic carbocycles. The van der Waals surface area contributed by atoms with Gasteiger partial charge in [0.2, 0.25) is 0 Å². The number of alkyl halides is 3. The van der Waals surface area contributed by atoms with Gasteiger partial charge in [0.1, 0.15) is 60.8 Å². The van der Waals surface area contributed by atoms with E-state index in [1.54, 1.807) is 43.9 Å². The first-order chi connectivity index (χ1) is 59.2. The summed E-state index contributed by atoms with van der Waals surface area (Å²) in [6, 6.07) is -1.68. The first kappa shape index (κ1) is 110. The zero-order chi connectivity index (χ0) is 96.1. The van der Waals surface area contributed by atoms with Crippen LogP contribution in [0.4, 0.5) is 28.4 Å². The van der Waals surface area contributed by atoms with Crippen molar-refractivity contribution in [2.45, 2.75) is 183 Å². The van der Waals surface area contributed by atoms with E-state index < -0.39 is 138 Å². The highest BCUT2D eigenvalue weighted by Gasteiger charge is 2.52. The second-order valence-electron chi connectivity index (χ2n) is 37.8. The maximum Gasteiger partial charge on any atom is 0.323 e. The van der Waals surface area contributed by atoms with Gasteiger partial charge in [-0.1, -0.05) is 69.0 Å². The van der Waals surface area contributed by atoms with E-state index in [4.69, 9.17) is 49.5 Å². The van der Waals surface area contributed by atoms with Gasteiger partial charge in [0.25, 0.3) is 5.91 Å². The molecule has 0 aromatic rings. The zero-order valence-electron chi connectivity index (χ0n) is 76.5. The molecule has 0 unspecified atom stereocenters. The van der Waals surface area contributed by atoms with E-state index in [-0.39, 0.29) is 82.6 Å². The van der Waals surface area contributed by atoms with Gasteiger partial charge in [-0.15, -0.1) is 90.7 Å². The molecule has 0 saturated carbocycles. The molecule has 0 aromatic carbocycles. The zero-order valence-corrected chi connectivity index (χ0v) is 84.8. The van der Waals surface area contributed by atoms with E-state index in [1.807, 2.05) is 6.92 Å². The molecule has 17 N–H and O–H groups in total. The van der Waals surface area contributed by atoms with Gasteiger partial charge in [-0.3, -0.25) is 4.79 Å². The van der Waals surface area contributed by atoms with Crippen molar-refractivity contribution < 1.29 is 102 Å². The standard InChI is InChI=1S/2C15H25N2O4P.C15H25N2O3P.C14H22ClN2O3P.C14H22FN2O3P.C14H22IN2O3P/c1-10-16-12(18)6-8-17(10)15-14(20-2)13(19)11(21-15)7-9-22(3,4)5;1-9-10(8-16-15(19)17-9)13-14(20-2)12(18)11(21-13)6-7-22(3,4)5;1-9-13(18)12(6-7-21(3,4)5)20-14(9)11-8-16-15(19)17-10(11)2;3*1-8-9(7-16-14(19)17-8)13-11(15)12(18)10(20-13)5-6-21(2,3)4/h6,8,11,13-15,19H,1,3,7,9H2,2,4-5H3,(H,16,18);8,11-14,18H,1,3,6-7H2,2,4-5H3,(H2,16,17,19);8-9,12-14,18H,2-3,6-7H2,1,4-5H3,(H2,16,17,19);3*7,10-13,18H,1-2,5-6H2,3-4H3,(H2,16,17,19)/t11-,13-,14-,15-;11-,12-,13+,14-;9-,12-,13+,14-;3*10-,11-,12-,13+/m111111/s1. The quantitative estimate of drug-likeness (QED) is 0.0225. The Morgan fingerprint density at radius 1 is 0.398 bits per heavy atom. The molecule has 11 amide bonds. The van der Waals surface area contributed by atoms with Crippen LogP contribution in [-0.4, -0.2) is 378 Å². The summed E-state index contributed by atoms with van der Waals surface area (Å²) >= 11 is 8.51. The van der Waals surface area contributed by atoms with Crippen LogP contribution in [-0.2, 0) is 42.7 Å². The molecule has 720 valence electrons. The number of aliphatic hydroxyl groups excluding tert-OH is 6. The topological polar surface area (TPSA) is 433 Å². The van der Waals surface area contributed by atoms with Gasteiger partial charge in [0.15, 0.2) is 12.4 Å². The molecular weight excluding hydrogens is 1900 g/mol. The number of amides is 11. The van der Waals surface area contributed by atoms with Crippen molar-refractivity contribution in [2.75, 3.05) is 131 Å². The Hall–Kier alpha value is -5.31. The number of carbonyl (C=O) groups is 6. The first-order valence-electron chi connectivity index (χ1n) is 42.0. The van der Waals surface area contributed by atoms with Gasteiger partial charge in [0, 0.05) is 120 Å². The van der Waals surface area contributed by atoms with Gasteiger partial charge >= 0.3 is 30.2 Å². The Morgan fingerprint density at radius 2 is 0.680 bits per heavy atom. The van der Waals surface area contributed by atoms with Gasteiger partial charge < -0.3 is 132 Å². The molecule has 0 spiro atoms. The lowest BCUT2D eigenvalue weighted by Crippen LogP contribution is -2.47. The predicted octanol–water partition coefficient (Wildman–Crippen LogP) is 7.63. The fraction of sp³-hybridized carbons (Fsp3) is 0.586. The van der Waals surface area contributed by atoms with Crippen molar-refractivity contribution >= 4 is 149 Å². The number of nitrogens with zero attached hydrogens (tertiary/aromatic N) is 1. The Bertz CT molecular complexity index is 4270. The number of hydrogen-bond acceptors (Lipinski definition) is 21. The first-order valence-corrected chi connectivity index (χ1v) is 62.1. The maximum atomic E-state index is 14.3. The van der Waals surface area contributed by atoms with Crippen LogP contribution in [0.15, 0.2) is 145 Å². The molecule has 0 radical (unpaired) electrons. The van der Waals surface area contributed by atoms with Gasteiger partial charge in [0.05, 0.1) is 70.3 Å². The molecule has 12 heterocycles. The number of aliphatic hydroxyl groups is 6. The molecule has 12 rings (SSSR count). The third kappa shape index (κ3) is 31.9. The summed E-state index contributed by atoms with van der Waals surface area (Å²) in [6.45, 7) is 43.6. The second kappa shape index (κ2) is 46.8. The molecular formula is C87H141ClFIN12O20P6. The minimum Gasteiger partial charge on any atom is -0.390 e. The number of rotatable bonds is 26. The van der Waals surface area contributed by atoms with E-state index >= 15 is 0 Å².